The monoisotopic (exact) mass is 449 g/mol. The first kappa shape index (κ1) is 16.4. The van der Waals surface area contributed by atoms with Gasteiger partial charge in [0.25, 0.3) is 0 Å². The highest BCUT2D eigenvalue weighted by atomic mass is 79.9. The SMILES string of the molecule is Br.Cc1ccc(-c2cn3nc(-c4ccc(Br)cc4)sc3n2)cc1. The average Bonchev–Trinajstić information content (AvgIpc) is 3.07. The molecule has 0 aliphatic heterocycles. The van der Waals surface area contributed by atoms with Crippen LogP contribution in [0.25, 0.3) is 26.8 Å². The van der Waals surface area contributed by atoms with Crippen LogP contribution >= 0.6 is 44.2 Å². The molecule has 2 heterocycles. The summed E-state index contributed by atoms with van der Waals surface area (Å²) in [5, 5.41) is 5.61. The highest BCUT2D eigenvalue weighted by molar-refractivity contribution is 9.10. The van der Waals surface area contributed by atoms with Crippen LogP contribution in [0.4, 0.5) is 0 Å². The van der Waals surface area contributed by atoms with E-state index in [9.17, 15) is 0 Å². The Morgan fingerprint density at radius 1 is 0.957 bits per heavy atom. The van der Waals surface area contributed by atoms with E-state index in [2.05, 4.69) is 69.3 Å². The van der Waals surface area contributed by atoms with Crippen molar-refractivity contribution in [3.8, 4) is 21.8 Å². The Hall–Kier alpha value is -1.50. The number of halogens is 2. The molecule has 0 aliphatic rings. The Labute approximate surface area is 156 Å². The van der Waals surface area contributed by atoms with E-state index in [4.69, 9.17) is 0 Å². The molecule has 2 aromatic heterocycles. The number of nitrogens with zero attached hydrogens (tertiary/aromatic N) is 3. The predicted octanol–water partition coefficient (Wildman–Crippen LogP) is 5.77. The summed E-state index contributed by atoms with van der Waals surface area (Å²) in [7, 11) is 0. The van der Waals surface area contributed by atoms with E-state index in [0.717, 1.165) is 31.3 Å². The number of fused-ring (bicyclic) bond motifs is 1. The Kier molecular flexibility index (Phi) is 4.66. The number of benzene rings is 2. The third kappa shape index (κ3) is 3.24. The van der Waals surface area contributed by atoms with Crippen molar-refractivity contribution in [2.24, 2.45) is 0 Å². The number of hydrogen-bond donors (Lipinski definition) is 0. The first-order chi connectivity index (χ1) is 10.7. The fraction of sp³-hybridized carbons (Fsp3) is 0.0588. The van der Waals surface area contributed by atoms with E-state index in [1.165, 1.54) is 5.56 Å². The van der Waals surface area contributed by atoms with Crippen LogP contribution in [-0.4, -0.2) is 14.6 Å². The van der Waals surface area contributed by atoms with Crippen molar-refractivity contribution >= 4 is 49.2 Å². The lowest BCUT2D eigenvalue weighted by atomic mass is 10.1. The highest BCUT2D eigenvalue weighted by Gasteiger charge is 2.10. The minimum atomic E-state index is 0. The van der Waals surface area contributed by atoms with Gasteiger partial charge in [-0.15, -0.1) is 17.0 Å². The largest absolute Gasteiger partial charge is 0.217 e. The van der Waals surface area contributed by atoms with Crippen LogP contribution in [0.2, 0.25) is 0 Å². The van der Waals surface area contributed by atoms with Crippen molar-refractivity contribution in [3.63, 3.8) is 0 Å². The summed E-state index contributed by atoms with van der Waals surface area (Å²) in [4.78, 5) is 5.60. The molecule has 3 nitrogen and oxygen atoms in total. The Morgan fingerprint density at radius 2 is 1.61 bits per heavy atom. The topological polar surface area (TPSA) is 30.2 Å². The van der Waals surface area contributed by atoms with Crippen molar-refractivity contribution in [2.45, 2.75) is 6.92 Å². The van der Waals surface area contributed by atoms with Gasteiger partial charge in [-0.05, 0) is 19.1 Å². The summed E-state index contributed by atoms with van der Waals surface area (Å²) in [5.41, 5.74) is 4.44. The molecule has 0 saturated heterocycles. The second-order valence-electron chi connectivity index (χ2n) is 5.13. The Morgan fingerprint density at radius 3 is 2.26 bits per heavy atom. The molecule has 4 aromatic rings. The van der Waals surface area contributed by atoms with Gasteiger partial charge in [0, 0.05) is 15.6 Å². The molecular formula is C17H13Br2N3S. The second kappa shape index (κ2) is 6.55. The lowest BCUT2D eigenvalue weighted by Gasteiger charge is -1.97. The van der Waals surface area contributed by atoms with Crippen LogP contribution in [0, 0.1) is 6.92 Å². The molecule has 0 spiro atoms. The van der Waals surface area contributed by atoms with Gasteiger partial charge < -0.3 is 0 Å². The summed E-state index contributed by atoms with van der Waals surface area (Å²) in [6.45, 7) is 2.08. The fourth-order valence-corrected chi connectivity index (χ4v) is 3.42. The van der Waals surface area contributed by atoms with Crippen LogP contribution < -0.4 is 0 Å². The molecule has 0 fully saturated rings. The van der Waals surface area contributed by atoms with Crippen molar-refractivity contribution in [2.75, 3.05) is 0 Å². The number of imidazole rings is 1. The predicted molar refractivity (Wildman–Crippen MR) is 104 cm³/mol. The van der Waals surface area contributed by atoms with E-state index in [1.807, 2.05) is 22.8 Å². The number of rotatable bonds is 2. The maximum Gasteiger partial charge on any atom is 0.213 e. The van der Waals surface area contributed by atoms with E-state index < -0.39 is 0 Å². The lowest BCUT2D eigenvalue weighted by molar-refractivity contribution is 0.978. The van der Waals surface area contributed by atoms with Crippen LogP contribution in [-0.2, 0) is 0 Å². The molecule has 0 amide bonds. The van der Waals surface area contributed by atoms with Crippen LogP contribution in [0.15, 0.2) is 59.2 Å². The molecule has 23 heavy (non-hydrogen) atoms. The minimum Gasteiger partial charge on any atom is -0.217 e. The van der Waals surface area contributed by atoms with Gasteiger partial charge in [-0.1, -0.05) is 69.2 Å². The standard InChI is InChI=1S/C17H12BrN3S.BrH/c1-11-2-4-12(5-3-11)15-10-21-17(19-15)22-16(20-21)13-6-8-14(18)9-7-13;/h2-10H,1H3;1H. The van der Waals surface area contributed by atoms with E-state index in [0.29, 0.717) is 0 Å². The molecule has 0 bridgehead atoms. The zero-order valence-electron chi connectivity index (χ0n) is 12.2. The summed E-state index contributed by atoms with van der Waals surface area (Å²) in [6, 6.07) is 16.6. The van der Waals surface area contributed by atoms with Gasteiger partial charge in [-0.2, -0.15) is 5.10 Å². The number of aromatic nitrogens is 3. The second-order valence-corrected chi connectivity index (χ2v) is 7.01. The summed E-state index contributed by atoms with van der Waals surface area (Å²) < 4.78 is 2.93. The van der Waals surface area contributed by atoms with Crippen molar-refractivity contribution in [3.05, 3.63) is 64.8 Å². The molecular weight excluding hydrogens is 438 g/mol. The smallest absolute Gasteiger partial charge is 0.213 e. The van der Waals surface area contributed by atoms with Gasteiger partial charge in [-0.3, -0.25) is 0 Å². The maximum absolute atomic E-state index is 4.69. The van der Waals surface area contributed by atoms with E-state index in [1.54, 1.807) is 11.3 Å². The average molecular weight is 451 g/mol. The van der Waals surface area contributed by atoms with Crippen molar-refractivity contribution in [1.29, 1.82) is 0 Å². The van der Waals surface area contributed by atoms with Gasteiger partial charge in [0.2, 0.25) is 4.96 Å². The van der Waals surface area contributed by atoms with Gasteiger partial charge >= 0.3 is 0 Å². The van der Waals surface area contributed by atoms with E-state index in [-0.39, 0.29) is 17.0 Å². The summed E-state index contributed by atoms with van der Waals surface area (Å²) in [5.74, 6) is 0. The molecule has 0 radical (unpaired) electrons. The zero-order valence-corrected chi connectivity index (χ0v) is 16.3. The third-order valence-corrected chi connectivity index (χ3v) is 4.98. The fourth-order valence-electron chi connectivity index (χ4n) is 2.27. The van der Waals surface area contributed by atoms with Crippen molar-refractivity contribution in [1.82, 2.24) is 14.6 Å². The molecule has 0 saturated carbocycles. The summed E-state index contributed by atoms with van der Waals surface area (Å²) in [6.07, 6.45) is 1.98. The molecule has 0 N–H and O–H groups in total. The van der Waals surface area contributed by atoms with Crippen LogP contribution in [0.1, 0.15) is 5.56 Å². The normalized spacial score (nSPS) is 10.7. The molecule has 4 rings (SSSR count). The third-order valence-electron chi connectivity index (χ3n) is 3.48. The van der Waals surface area contributed by atoms with Gasteiger partial charge in [0.1, 0.15) is 5.01 Å². The molecule has 0 aliphatic carbocycles. The molecule has 2 aromatic carbocycles. The van der Waals surface area contributed by atoms with Gasteiger partial charge in [0.15, 0.2) is 0 Å². The molecule has 6 heteroatoms. The minimum absolute atomic E-state index is 0. The highest BCUT2D eigenvalue weighted by Crippen LogP contribution is 2.28. The zero-order chi connectivity index (χ0) is 15.1. The first-order valence-corrected chi connectivity index (χ1v) is 8.49. The van der Waals surface area contributed by atoms with Gasteiger partial charge in [-0.25, -0.2) is 9.50 Å². The first-order valence-electron chi connectivity index (χ1n) is 6.88. The van der Waals surface area contributed by atoms with Crippen molar-refractivity contribution < 1.29 is 0 Å². The summed E-state index contributed by atoms with van der Waals surface area (Å²) >= 11 is 5.05. The molecule has 0 atom stereocenters. The lowest BCUT2D eigenvalue weighted by Crippen LogP contribution is -1.82. The Bertz CT molecular complexity index is 834. The number of aryl methyl sites for hydroxylation is 1. The van der Waals surface area contributed by atoms with Crippen LogP contribution in [0.5, 0.6) is 0 Å². The van der Waals surface area contributed by atoms with E-state index >= 15 is 0 Å². The quantitative estimate of drug-likeness (QED) is 0.387. The maximum atomic E-state index is 4.69. The van der Waals surface area contributed by atoms with Gasteiger partial charge in [0.05, 0.1) is 11.9 Å². The molecule has 116 valence electrons. The molecule has 0 unspecified atom stereocenters. The Balaban J connectivity index is 0.00000156. The number of hydrogen-bond acceptors (Lipinski definition) is 3. The van der Waals surface area contributed by atoms with Crippen LogP contribution in [0.3, 0.4) is 0 Å².